The first kappa shape index (κ1) is 23.0. The molecule has 2 aliphatic heterocycles. The summed E-state index contributed by atoms with van der Waals surface area (Å²) in [6.07, 6.45) is 1.48. The number of hydrogen-bond donors (Lipinski definition) is 0. The fourth-order valence-electron chi connectivity index (χ4n) is 4.62. The first-order chi connectivity index (χ1) is 17.0. The fourth-order valence-corrected chi connectivity index (χ4v) is 4.62. The van der Waals surface area contributed by atoms with Gasteiger partial charge in [0, 0.05) is 26.1 Å². The van der Waals surface area contributed by atoms with Crippen LogP contribution < -0.4 is 15.2 Å². The van der Waals surface area contributed by atoms with Crippen LogP contribution in [0, 0.1) is 6.92 Å². The smallest absolute Gasteiger partial charge is 0.265 e. The molecule has 0 N–H and O–H groups in total. The summed E-state index contributed by atoms with van der Waals surface area (Å²) in [5.74, 6) is 0.270. The van der Waals surface area contributed by atoms with Crippen molar-refractivity contribution in [3.63, 3.8) is 0 Å². The summed E-state index contributed by atoms with van der Waals surface area (Å²) in [6, 6.07) is 12.8. The van der Waals surface area contributed by atoms with Gasteiger partial charge in [-0.25, -0.2) is 4.98 Å². The van der Waals surface area contributed by atoms with Crippen LogP contribution in [-0.4, -0.2) is 65.2 Å². The Morgan fingerprint density at radius 2 is 1.89 bits per heavy atom. The second-order valence-corrected chi connectivity index (χ2v) is 8.83. The Morgan fingerprint density at radius 1 is 1.09 bits per heavy atom. The molecule has 9 nitrogen and oxygen atoms in total. The van der Waals surface area contributed by atoms with E-state index in [1.807, 2.05) is 37.3 Å². The lowest BCUT2D eigenvalue weighted by Gasteiger charge is -2.37. The van der Waals surface area contributed by atoms with Gasteiger partial charge in [-0.15, -0.1) is 0 Å². The number of hydrogen-bond acceptors (Lipinski definition) is 6. The Hall–Kier alpha value is -3.72. The summed E-state index contributed by atoms with van der Waals surface area (Å²) in [4.78, 5) is 47.0. The zero-order valence-corrected chi connectivity index (χ0v) is 19.7. The van der Waals surface area contributed by atoms with E-state index in [0.29, 0.717) is 61.6 Å². The Kier molecular flexibility index (Phi) is 6.50. The number of carbonyl (C=O) groups is 2. The van der Waals surface area contributed by atoms with Gasteiger partial charge in [0.05, 0.1) is 42.7 Å². The summed E-state index contributed by atoms with van der Waals surface area (Å²) < 4.78 is 12.9. The number of aryl methyl sites for hydroxylation is 2. The molecule has 0 spiro atoms. The predicted molar refractivity (Wildman–Crippen MR) is 131 cm³/mol. The van der Waals surface area contributed by atoms with Crippen LogP contribution in [0.15, 0.2) is 53.6 Å². The molecule has 35 heavy (non-hydrogen) atoms. The van der Waals surface area contributed by atoms with Gasteiger partial charge in [0.15, 0.2) is 6.10 Å². The number of morpholine rings is 1. The van der Waals surface area contributed by atoms with E-state index in [0.717, 1.165) is 5.56 Å². The average Bonchev–Trinajstić information content (AvgIpc) is 2.89. The molecule has 2 amide bonds. The molecule has 1 atom stereocenters. The highest BCUT2D eigenvalue weighted by molar-refractivity contribution is 5.97. The number of carbonyl (C=O) groups excluding carboxylic acids is 2. The van der Waals surface area contributed by atoms with Crippen LogP contribution in [-0.2, 0) is 20.9 Å². The predicted octanol–water partition coefficient (Wildman–Crippen LogP) is 2.14. The van der Waals surface area contributed by atoms with Gasteiger partial charge in [-0.2, -0.15) is 0 Å². The summed E-state index contributed by atoms with van der Waals surface area (Å²) in [5.41, 5.74) is 2.20. The van der Waals surface area contributed by atoms with Crippen LogP contribution in [0.5, 0.6) is 5.75 Å². The van der Waals surface area contributed by atoms with Gasteiger partial charge in [0.1, 0.15) is 5.75 Å². The summed E-state index contributed by atoms with van der Waals surface area (Å²) >= 11 is 0. The Labute approximate surface area is 202 Å². The van der Waals surface area contributed by atoms with Crippen molar-refractivity contribution in [3.05, 3.63) is 64.7 Å². The number of amides is 2. The Morgan fingerprint density at radius 3 is 2.71 bits per heavy atom. The number of fused-ring (bicyclic) bond motifs is 2. The van der Waals surface area contributed by atoms with Gasteiger partial charge in [0.25, 0.3) is 11.5 Å². The van der Waals surface area contributed by atoms with E-state index < -0.39 is 6.10 Å². The monoisotopic (exact) mass is 476 g/mol. The number of anilines is 1. The van der Waals surface area contributed by atoms with Crippen molar-refractivity contribution in [1.29, 1.82) is 0 Å². The lowest BCUT2D eigenvalue weighted by atomic mass is 10.1. The van der Waals surface area contributed by atoms with E-state index in [1.165, 1.54) is 0 Å². The van der Waals surface area contributed by atoms with Crippen molar-refractivity contribution in [3.8, 4) is 5.75 Å². The van der Waals surface area contributed by atoms with E-state index in [9.17, 15) is 14.4 Å². The molecular formula is C26H28N4O5. The number of ether oxygens (including phenoxy) is 2. The van der Waals surface area contributed by atoms with Crippen molar-refractivity contribution in [2.45, 2.75) is 32.4 Å². The average molecular weight is 477 g/mol. The molecule has 0 radical (unpaired) electrons. The van der Waals surface area contributed by atoms with Gasteiger partial charge in [-0.3, -0.25) is 19.0 Å². The molecule has 0 aliphatic carbocycles. The SMILES string of the molecule is Cc1cccc2c(=O)n(CCCC(=O)N3C[C@H](C(=O)N4CCOCC4)Oc4ccccc43)cnc12. The minimum atomic E-state index is -0.762. The third-order valence-corrected chi connectivity index (χ3v) is 6.52. The van der Waals surface area contributed by atoms with Crippen LogP contribution >= 0.6 is 0 Å². The van der Waals surface area contributed by atoms with Gasteiger partial charge in [0.2, 0.25) is 5.91 Å². The first-order valence-electron chi connectivity index (χ1n) is 11.9. The highest BCUT2D eigenvalue weighted by atomic mass is 16.5. The minimum absolute atomic E-state index is 0.112. The summed E-state index contributed by atoms with van der Waals surface area (Å²) in [7, 11) is 0. The third kappa shape index (κ3) is 4.64. The molecule has 0 saturated carbocycles. The van der Waals surface area contributed by atoms with Crippen molar-refractivity contribution < 1.29 is 19.1 Å². The number of aromatic nitrogens is 2. The maximum absolute atomic E-state index is 13.3. The molecule has 5 rings (SSSR count). The lowest BCUT2D eigenvalue weighted by Crippen LogP contribution is -2.54. The number of para-hydroxylation sites is 3. The molecule has 1 saturated heterocycles. The number of nitrogens with zero attached hydrogens (tertiary/aromatic N) is 4. The van der Waals surface area contributed by atoms with Crippen LogP contribution in [0.1, 0.15) is 18.4 Å². The van der Waals surface area contributed by atoms with Crippen molar-refractivity contribution in [2.24, 2.45) is 0 Å². The standard InChI is InChI=1S/C26H28N4O5/c1-18-6-4-7-19-24(18)27-17-29(25(19)32)11-5-10-23(31)30-16-22(26(33)28-12-14-34-15-13-28)35-21-9-3-2-8-20(21)30/h2-4,6-9,17,22H,5,10-16H2,1H3/t22-/m1/s1. The van der Waals surface area contributed by atoms with Crippen molar-refractivity contribution in [2.75, 3.05) is 37.7 Å². The zero-order valence-electron chi connectivity index (χ0n) is 19.7. The second-order valence-electron chi connectivity index (χ2n) is 8.83. The highest BCUT2D eigenvalue weighted by Crippen LogP contribution is 2.34. The van der Waals surface area contributed by atoms with E-state index in [-0.39, 0.29) is 30.3 Å². The molecule has 0 unspecified atom stereocenters. The van der Waals surface area contributed by atoms with E-state index in [2.05, 4.69) is 4.98 Å². The second kappa shape index (κ2) is 9.87. The van der Waals surface area contributed by atoms with Gasteiger partial charge < -0.3 is 19.3 Å². The molecule has 3 heterocycles. The van der Waals surface area contributed by atoms with Crippen LogP contribution in [0.2, 0.25) is 0 Å². The topological polar surface area (TPSA) is 94.0 Å². The summed E-state index contributed by atoms with van der Waals surface area (Å²) in [6.45, 7) is 4.49. The van der Waals surface area contributed by atoms with E-state index in [4.69, 9.17) is 9.47 Å². The maximum atomic E-state index is 13.3. The molecule has 3 aromatic rings. The van der Waals surface area contributed by atoms with Gasteiger partial charge in [-0.1, -0.05) is 24.3 Å². The Bertz CT molecular complexity index is 1310. The molecule has 1 aromatic heterocycles. The Balaban J connectivity index is 1.28. The summed E-state index contributed by atoms with van der Waals surface area (Å²) in [5, 5.41) is 0.574. The maximum Gasteiger partial charge on any atom is 0.265 e. The van der Waals surface area contributed by atoms with Crippen LogP contribution in [0.3, 0.4) is 0 Å². The van der Waals surface area contributed by atoms with Gasteiger partial charge in [-0.05, 0) is 37.1 Å². The normalized spacial score (nSPS) is 17.7. The molecule has 182 valence electrons. The van der Waals surface area contributed by atoms with Crippen molar-refractivity contribution >= 4 is 28.4 Å². The highest BCUT2D eigenvalue weighted by Gasteiger charge is 2.36. The third-order valence-electron chi connectivity index (χ3n) is 6.52. The molecule has 2 aliphatic rings. The van der Waals surface area contributed by atoms with E-state index >= 15 is 0 Å². The molecule has 2 aromatic carbocycles. The van der Waals surface area contributed by atoms with Crippen LogP contribution in [0.4, 0.5) is 5.69 Å². The van der Waals surface area contributed by atoms with Gasteiger partial charge >= 0.3 is 0 Å². The molecule has 9 heteroatoms. The van der Waals surface area contributed by atoms with E-state index in [1.54, 1.807) is 32.8 Å². The molecular weight excluding hydrogens is 448 g/mol. The zero-order chi connectivity index (χ0) is 24.4. The van der Waals surface area contributed by atoms with Crippen molar-refractivity contribution in [1.82, 2.24) is 14.5 Å². The largest absolute Gasteiger partial charge is 0.476 e. The number of rotatable bonds is 5. The molecule has 1 fully saturated rings. The quantitative estimate of drug-likeness (QED) is 0.560. The first-order valence-corrected chi connectivity index (χ1v) is 11.9. The van der Waals surface area contributed by atoms with Crippen LogP contribution in [0.25, 0.3) is 10.9 Å². The lowest BCUT2D eigenvalue weighted by molar-refractivity contribution is -0.142. The molecule has 0 bridgehead atoms. The number of benzene rings is 2. The fraction of sp³-hybridized carbons (Fsp3) is 0.385. The minimum Gasteiger partial charge on any atom is -0.476 e.